The standard InChI is InChI=1S/C19H21BrN4O4/c1-12(18(26)22-23-19(27)16-10-14(20)11-24(16)2)21-17(25)9-6-13-4-7-15(28-3)8-5-13/h4-12H,1-3H3,(H,21,25)(H,22,26)(H,23,27)/b9-6+. The highest BCUT2D eigenvalue weighted by molar-refractivity contribution is 9.10. The molecule has 3 amide bonds. The van der Waals surface area contributed by atoms with E-state index < -0.39 is 23.8 Å². The van der Waals surface area contributed by atoms with Crippen LogP contribution in [-0.4, -0.2) is 35.4 Å². The van der Waals surface area contributed by atoms with Crippen molar-refractivity contribution in [2.45, 2.75) is 13.0 Å². The first kappa shape index (κ1) is 21.2. The summed E-state index contributed by atoms with van der Waals surface area (Å²) in [6, 6.07) is 7.94. The second-order valence-corrected chi connectivity index (χ2v) is 6.85. The minimum Gasteiger partial charge on any atom is -0.497 e. The highest BCUT2D eigenvalue weighted by Crippen LogP contribution is 2.13. The monoisotopic (exact) mass is 448 g/mol. The molecule has 0 saturated carbocycles. The maximum atomic E-state index is 12.1. The molecule has 3 N–H and O–H groups in total. The molecule has 0 fully saturated rings. The van der Waals surface area contributed by atoms with Gasteiger partial charge in [-0.15, -0.1) is 0 Å². The van der Waals surface area contributed by atoms with Gasteiger partial charge in [-0.05, 0) is 52.7 Å². The first-order valence-electron chi connectivity index (χ1n) is 8.35. The summed E-state index contributed by atoms with van der Waals surface area (Å²) in [4.78, 5) is 36.1. The second kappa shape index (κ2) is 9.75. The summed E-state index contributed by atoms with van der Waals surface area (Å²) in [6.45, 7) is 1.51. The van der Waals surface area contributed by atoms with Crippen LogP contribution in [0.3, 0.4) is 0 Å². The van der Waals surface area contributed by atoms with Gasteiger partial charge in [0.2, 0.25) is 5.91 Å². The van der Waals surface area contributed by atoms with Gasteiger partial charge in [-0.3, -0.25) is 25.2 Å². The lowest BCUT2D eigenvalue weighted by Crippen LogP contribution is -2.51. The van der Waals surface area contributed by atoms with Crippen molar-refractivity contribution < 1.29 is 19.1 Å². The molecule has 1 aromatic heterocycles. The molecule has 148 valence electrons. The van der Waals surface area contributed by atoms with E-state index >= 15 is 0 Å². The van der Waals surface area contributed by atoms with Crippen LogP contribution in [0.2, 0.25) is 0 Å². The Morgan fingerprint density at radius 2 is 1.86 bits per heavy atom. The molecule has 1 atom stereocenters. The van der Waals surface area contributed by atoms with Crippen molar-refractivity contribution in [2.75, 3.05) is 7.11 Å². The molecule has 0 radical (unpaired) electrons. The SMILES string of the molecule is COc1ccc(/C=C/C(=O)NC(C)C(=O)NNC(=O)c2cc(Br)cn2C)cc1. The Morgan fingerprint density at radius 1 is 1.18 bits per heavy atom. The zero-order chi connectivity index (χ0) is 20.7. The molecular weight excluding hydrogens is 428 g/mol. The van der Waals surface area contributed by atoms with Crippen LogP contribution in [-0.2, 0) is 16.6 Å². The van der Waals surface area contributed by atoms with Crippen LogP contribution in [0.15, 0.2) is 47.1 Å². The third-order valence-electron chi connectivity index (χ3n) is 3.80. The van der Waals surface area contributed by atoms with Crippen molar-refractivity contribution in [3.63, 3.8) is 0 Å². The predicted molar refractivity (Wildman–Crippen MR) is 108 cm³/mol. The van der Waals surface area contributed by atoms with E-state index in [9.17, 15) is 14.4 Å². The normalized spacial score (nSPS) is 11.7. The molecule has 2 rings (SSSR count). The van der Waals surface area contributed by atoms with Crippen LogP contribution < -0.4 is 20.9 Å². The summed E-state index contributed by atoms with van der Waals surface area (Å²) < 4.78 is 7.43. The number of rotatable bonds is 6. The smallest absolute Gasteiger partial charge is 0.286 e. The predicted octanol–water partition coefficient (Wildman–Crippen LogP) is 1.78. The summed E-state index contributed by atoms with van der Waals surface area (Å²) in [5.41, 5.74) is 5.78. The fourth-order valence-corrected chi connectivity index (χ4v) is 2.78. The molecule has 28 heavy (non-hydrogen) atoms. The van der Waals surface area contributed by atoms with Crippen molar-refractivity contribution in [2.24, 2.45) is 7.05 Å². The number of hydrogen-bond donors (Lipinski definition) is 3. The van der Waals surface area contributed by atoms with Crippen LogP contribution in [0.5, 0.6) is 5.75 Å². The van der Waals surface area contributed by atoms with E-state index in [1.54, 1.807) is 61.3 Å². The fourth-order valence-electron chi connectivity index (χ4n) is 2.25. The van der Waals surface area contributed by atoms with Gasteiger partial charge >= 0.3 is 0 Å². The number of carbonyl (C=O) groups excluding carboxylic acids is 3. The number of ether oxygens (including phenoxy) is 1. The van der Waals surface area contributed by atoms with Crippen LogP contribution in [0.1, 0.15) is 23.0 Å². The molecular formula is C19H21BrN4O4. The number of methoxy groups -OCH3 is 1. The van der Waals surface area contributed by atoms with Crippen molar-refractivity contribution in [1.29, 1.82) is 0 Å². The Hall–Kier alpha value is -3.07. The van der Waals surface area contributed by atoms with Gasteiger partial charge in [0.1, 0.15) is 17.5 Å². The molecule has 8 nitrogen and oxygen atoms in total. The Labute approximate surface area is 171 Å². The van der Waals surface area contributed by atoms with Crippen LogP contribution in [0.4, 0.5) is 0 Å². The summed E-state index contributed by atoms with van der Waals surface area (Å²) in [5.74, 6) is -0.736. The van der Waals surface area contributed by atoms with Gasteiger partial charge < -0.3 is 14.6 Å². The first-order chi connectivity index (χ1) is 13.3. The minimum absolute atomic E-state index is 0.367. The summed E-state index contributed by atoms with van der Waals surface area (Å²) >= 11 is 3.27. The van der Waals surface area contributed by atoms with Gasteiger partial charge in [0, 0.05) is 23.8 Å². The van der Waals surface area contributed by atoms with E-state index in [0.717, 1.165) is 15.8 Å². The van der Waals surface area contributed by atoms with Crippen LogP contribution >= 0.6 is 15.9 Å². The summed E-state index contributed by atoms with van der Waals surface area (Å²) in [5, 5.41) is 2.52. The first-order valence-corrected chi connectivity index (χ1v) is 9.14. The summed E-state index contributed by atoms with van der Waals surface area (Å²) in [7, 11) is 3.28. The number of hydrogen-bond acceptors (Lipinski definition) is 4. The summed E-state index contributed by atoms with van der Waals surface area (Å²) in [6.07, 6.45) is 4.66. The number of carbonyl (C=O) groups is 3. The third kappa shape index (κ3) is 5.98. The number of amides is 3. The molecule has 0 aliphatic carbocycles. The molecule has 1 heterocycles. The van der Waals surface area contributed by atoms with Gasteiger partial charge in [0.05, 0.1) is 7.11 Å². The number of halogens is 1. The lowest BCUT2D eigenvalue weighted by molar-refractivity contribution is -0.127. The van der Waals surface area contributed by atoms with Gasteiger partial charge in [-0.25, -0.2) is 0 Å². The Morgan fingerprint density at radius 3 is 2.43 bits per heavy atom. The minimum atomic E-state index is -0.839. The Bertz CT molecular complexity index is 890. The topological polar surface area (TPSA) is 101 Å². The van der Waals surface area contributed by atoms with Gasteiger partial charge in [-0.2, -0.15) is 0 Å². The van der Waals surface area contributed by atoms with Gasteiger partial charge in [0.15, 0.2) is 0 Å². The molecule has 0 bridgehead atoms. The second-order valence-electron chi connectivity index (χ2n) is 5.93. The molecule has 2 aromatic rings. The number of nitrogens with one attached hydrogen (secondary N) is 3. The largest absolute Gasteiger partial charge is 0.497 e. The van der Waals surface area contributed by atoms with Crippen molar-refractivity contribution in [3.8, 4) is 5.75 Å². The number of nitrogens with zero attached hydrogens (tertiary/aromatic N) is 1. The van der Waals surface area contributed by atoms with E-state index in [0.29, 0.717) is 5.69 Å². The van der Waals surface area contributed by atoms with Crippen molar-refractivity contribution in [1.82, 2.24) is 20.7 Å². The number of aromatic nitrogens is 1. The van der Waals surface area contributed by atoms with E-state index in [2.05, 4.69) is 32.1 Å². The average Bonchev–Trinajstić information content (AvgIpc) is 3.02. The van der Waals surface area contributed by atoms with E-state index in [1.165, 1.54) is 13.0 Å². The zero-order valence-electron chi connectivity index (χ0n) is 15.7. The highest BCUT2D eigenvalue weighted by Gasteiger charge is 2.16. The molecule has 9 heteroatoms. The van der Waals surface area contributed by atoms with Crippen LogP contribution in [0.25, 0.3) is 6.08 Å². The Balaban J connectivity index is 1.82. The average molecular weight is 449 g/mol. The van der Waals surface area contributed by atoms with E-state index in [1.807, 2.05) is 0 Å². The number of benzene rings is 1. The van der Waals surface area contributed by atoms with Crippen molar-refractivity contribution >= 4 is 39.7 Å². The van der Waals surface area contributed by atoms with E-state index in [4.69, 9.17) is 4.74 Å². The number of hydrazine groups is 1. The maximum absolute atomic E-state index is 12.1. The lowest BCUT2D eigenvalue weighted by atomic mass is 10.2. The van der Waals surface area contributed by atoms with Crippen molar-refractivity contribution in [3.05, 3.63) is 58.3 Å². The quantitative estimate of drug-likeness (QED) is 0.462. The van der Waals surface area contributed by atoms with E-state index in [-0.39, 0.29) is 0 Å². The highest BCUT2D eigenvalue weighted by atomic mass is 79.9. The van der Waals surface area contributed by atoms with Gasteiger partial charge in [-0.1, -0.05) is 12.1 Å². The third-order valence-corrected chi connectivity index (χ3v) is 4.23. The molecule has 0 aliphatic heterocycles. The zero-order valence-corrected chi connectivity index (χ0v) is 17.2. The fraction of sp³-hybridized carbons (Fsp3) is 0.211. The lowest BCUT2D eigenvalue weighted by Gasteiger charge is -2.13. The molecule has 0 saturated heterocycles. The maximum Gasteiger partial charge on any atom is 0.286 e. The molecule has 0 aliphatic rings. The van der Waals surface area contributed by atoms with Crippen LogP contribution in [0, 0.1) is 0 Å². The van der Waals surface area contributed by atoms with Gasteiger partial charge in [0.25, 0.3) is 11.8 Å². The molecule has 1 unspecified atom stereocenters. The number of aryl methyl sites for hydroxylation is 1. The Kier molecular flexibility index (Phi) is 7.39. The molecule has 1 aromatic carbocycles. The molecule has 0 spiro atoms.